The molecule has 1 fully saturated rings. The SMILES string of the molecule is CCC(C)(C)N(C)CC1(CO)CCCCC1. The topological polar surface area (TPSA) is 23.5 Å². The Balaban J connectivity index is 2.62. The van der Waals surface area contributed by atoms with Crippen LogP contribution in [-0.4, -0.2) is 35.7 Å². The second-order valence-electron chi connectivity index (χ2n) is 6.24. The monoisotopic (exact) mass is 227 g/mol. The van der Waals surface area contributed by atoms with Crippen molar-refractivity contribution < 1.29 is 5.11 Å². The maximum atomic E-state index is 9.70. The summed E-state index contributed by atoms with van der Waals surface area (Å²) in [6, 6.07) is 0. The van der Waals surface area contributed by atoms with Gasteiger partial charge in [0.05, 0.1) is 0 Å². The van der Waals surface area contributed by atoms with Crippen LogP contribution in [-0.2, 0) is 0 Å². The molecule has 0 bridgehead atoms. The molecule has 0 unspecified atom stereocenters. The van der Waals surface area contributed by atoms with Crippen molar-refractivity contribution in [2.45, 2.75) is 64.8 Å². The van der Waals surface area contributed by atoms with E-state index in [-0.39, 0.29) is 11.0 Å². The summed E-state index contributed by atoms with van der Waals surface area (Å²) in [5.74, 6) is 0. The molecular weight excluding hydrogens is 198 g/mol. The Bertz CT molecular complexity index is 207. The van der Waals surface area contributed by atoms with E-state index in [1.54, 1.807) is 0 Å². The Labute approximate surface area is 101 Å². The zero-order chi connectivity index (χ0) is 12.2. The smallest absolute Gasteiger partial charge is 0.0499 e. The normalized spacial score (nSPS) is 21.4. The number of aliphatic hydroxyl groups excluding tert-OH is 1. The first-order valence-corrected chi connectivity index (χ1v) is 6.78. The fourth-order valence-electron chi connectivity index (χ4n) is 2.66. The average Bonchev–Trinajstić information content (AvgIpc) is 2.30. The van der Waals surface area contributed by atoms with E-state index in [2.05, 4.69) is 32.7 Å². The van der Waals surface area contributed by atoms with Gasteiger partial charge in [-0.15, -0.1) is 0 Å². The fourth-order valence-corrected chi connectivity index (χ4v) is 2.66. The van der Waals surface area contributed by atoms with Crippen LogP contribution in [0.2, 0.25) is 0 Å². The van der Waals surface area contributed by atoms with E-state index < -0.39 is 0 Å². The Morgan fingerprint density at radius 1 is 1.19 bits per heavy atom. The molecule has 16 heavy (non-hydrogen) atoms. The molecule has 0 atom stereocenters. The van der Waals surface area contributed by atoms with Crippen molar-refractivity contribution >= 4 is 0 Å². The molecule has 0 radical (unpaired) electrons. The van der Waals surface area contributed by atoms with Crippen molar-refractivity contribution in [2.24, 2.45) is 5.41 Å². The molecule has 1 rings (SSSR count). The summed E-state index contributed by atoms with van der Waals surface area (Å²) in [6.07, 6.45) is 7.50. The average molecular weight is 227 g/mol. The fraction of sp³-hybridized carbons (Fsp3) is 1.00. The van der Waals surface area contributed by atoms with Gasteiger partial charge in [-0.05, 0) is 40.2 Å². The van der Waals surface area contributed by atoms with Crippen molar-refractivity contribution in [3.63, 3.8) is 0 Å². The first-order chi connectivity index (χ1) is 7.46. The van der Waals surface area contributed by atoms with Crippen LogP contribution in [0, 0.1) is 5.41 Å². The molecule has 0 aromatic rings. The molecule has 0 aliphatic heterocycles. The molecular formula is C14H29NO. The molecule has 0 saturated heterocycles. The second-order valence-corrected chi connectivity index (χ2v) is 6.24. The third-order valence-corrected chi connectivity index (χ3v) is 4.72. The Morgan fingerprint density at radius 3 is 2.19 bits per heavy atom. The van der Waals surface area contributed by atoms with Crippen LogP contribution in [0.1, 0.15) is 59.3 Å². The Hall–Kier alpha value is -0.0800. The summed E-state index contributed by atoms with van der Waals surface area (Å²) in [7, 11) is 2.20. The highest BCUT2D eigenvalue weighted by Gasteiger charge is 2.35. The minimum atomic E-state index is 0.180. The Kier molecular flexibility index (Phi) is 4.81. The molecule has 0 aromatic heterocycles. The molecule has 0 amide bonds. The largest absolute Gasteiger partial charge is 0.396 e. The lowest BCUT2D eigenvalue weighted by Gasteiger charge is -2.44. The van der Waals surface area contributed by atoms with Gasteiger partial charge in [-0.2, -0.15) is 0 Å². The lowest BCUT2D eigenvalue weighted by Crippen LogP contribution is -2.48. The van der Waals surface area contributed by atoms with E-state index in [1.165, 1.54) is 32.1 Å². The van der Waals surface area contributed by atoms with Crippen molar-refractivity contribution in [1.82, 2.24) is 4.90 Å². The molecule has 1 N–H and O–H groups in total. The highest BCUT2D eigenvalue weighted by molar-refractivity contribution is 4.88. The van der Waals surface area contributed by atoms with Crippen molar-refractivity contribution in [2.75, 3.05) is 20.2 Å². The molecule has 1 saturated carbocycles. The zero-order valence-corrected chi connectivity index (χ0v) is 11.6. The van der Waals surface area contributed by atoms with Crippen LogP contribution in [0.15, 0.2) is 0 Å². The van der Waals surface area contributed by atoms with Crippen LogP contribution in [0.4, 0.5) is 0 Å². The van der Waals surface area contributed by atoms with Gasteiger partial charge in [-0.25, -0.2) is 0 Å². The van der Waals surface area contributed by atoms with Gasteiger partial charge in [0, 0.05) is 24.1 Å². The molecule has 96 valence electrons. The molecule has 0 heterocycles. The molecule has 2 nitrogen and oxygen atoms in total. The number of hydrogen-bond donors (Lipinski definition) is 1. The summed E-state index contributed by atoms with van der Waals surface area (Å²) in [6.45, 7) is 8.23. The van der Waals surface area contributed by atoms with Crippen LogP contribution in [0.5, 0.6) is 0 Å². The van der Waals surface area contributed by atoms with Gasteiger partial charge in [-0.3, -0.25) is 0 Å². The predicted octanol–water partition coefficient (Wildman–Crippen LogP) is 3.05. The van der Waals surface area contributed by atoms with Gasteiger partial charge < -0.3 is 10.0 Å². The number of hydrogen-bond acceptors (Lipinski definition) is 2. The van der Waals surface area contributed by atoms with E-state index in [1.807, 2.05) is 0 Å². The summed E-state index contributed by atoms with van der Waals surface area (Å²) < 4.78 is 0. The summed E-state index contributed by atoms with van der Waals surface area (Å²) in [4.78, 5) is 2.44. The maximum absolute atomic E-state index is 9.70. The minimum absolute atomic E-state index is 0.180. The third kappa shape index (κ3) is 3.21. The first kappa shape index (κ1) is 14.0. The van der Waals surface area contributed by atoms with E-state index >= 15 is 0 Å². The first-order valence-electron chi connectivity index (χ1n) is 6.78. The van der Waals surface area contributed by atoms with E-state index in [4.69, 9.17) is 0 Å². The van der Waals surface area contributed by atoms with Crippen molar-refractivity contribution in [3.05, 3.63) is 0 Å². The van der Waals surface area contributed by atoms with Gasteiger partial charge in [-0.1, -0.05) is 26.2 Å². The van der Waals surface area contributed by atoms with Gasteiger partial charge in [0.2, 0.25) is 0 Å². The van der Waals surface area contributed by atoms with Crippen LogP contribution in [0.3, 0.4) is 0 Å². The van der Waals surface area contributed by atoms with E-state index in [9.17, 15) is 5.11 Å². The van der Waals surface area contributed by atoms with Crippen molar-refractivity contribution in [3.8, 4) is 0 Å². The zero-order valence-electron chi connectivity index (χ0n) is 11.6. The van der Waals surface area contributed by atoms with Crippen LogP contribution < -0.4 is 0 Å². The Morgan fingerprint density at radius 2 is 1.75 bits per heavy atom. The van der Waals surface area contributed by atoms with Gasteiger partial charge in [0.25, 0.3) is 0 Å². The summed E-state index contributed by atoms with van der Waals surface area (Å²) in [5, 5.41) is 9.70. The lowest BCUT2D eigenvalue weighted by atomic mass is 9.73. The minimum Gasteiger partial charge on any atom is -0.396 e. The number of rotatable bonds is 5. The van der Waals surface area contributed by atoms with Crippen LogP contribution >= 0.6 is 0 Å². The molecule has 2 heteroatoms. The summed E-state index contributed by atoms with van der Waals surface area (Å²) in [5.41, 5.74) is 0.430. The number of aliphatic hydroxyl groups is 1. The number of nitrogens with zero attached hydrogens (tertiary/aromatic N) is 1. The van der Waals surface area contributed by atoms with E-state index in [0.29, 0.717) is 6.61 Å². The highest BCUT2D eigenvalue weighted by atomic mass is 16.3. The van der Waals surface area contributed by atoms with Crippen molar-refractivity contribution in [1.29, 1.82) is 0 Å². The predicted molar refractivity (Wildman–Crippen MR) is 69.6 cm³/mol. The van der Waals surface area contributed by atoms with E-state index in [0.717, 1.165) is 13.0 Å². The third-order valence-electron chi connectivity index (χ3n) is 4.72. The standard InChI is InChI=1S/C14H29NO/c1-5-13(2,3)15(4)11-14(12-16)9-7-6-8-10-14/h16H,5-12H2,1-4H3. The van der Waals surface area contributed by atoms with Gasteiger partial charge in [0.1, 0.15) is 0 Å². The quantitative estimate of drug-likeness (QED) is 0.780. The second kappa shape index (κ2) is 5.50. The highest BCUT2D eigenvalue weighted by Crippen LogP contribution is 2.37. The molecule has 1 aliphatic rings. The molecule has 1 aliphatic carbocycles. The van der Waals surface area contributed by atoms with Gasteiger partial charge in [0.15, 0.2) is 0 Å². The van der Waals surface area contributed by atoms with Gasteiger partial charge >= 0.3 is 0 Å². The maximum Gasteiger partial charge on any atom is 0.0499 e. The molecule has 0 spiro atoms. The summed E-state index contributed by atoms with van der Waals surface area (Å²) >= 11 is 0. The molecule has 0 aromatic carbocycles. The van der Waals surface area contributed by atoms with Crippen LogP contribution in [0.25, 0.3) is 0 Å². The lowest BCUT2D eigenvalue weighted by molar-refractivity contribution is 0.0150.